The van der Waals surface area contributed by atoms with E-state index in [1.807, 2.05) is 11.4 Å². The lowest BCUT2D eigenvalue weighted by Gasteiger charge is -2.07. The second kappa shape index (κ2) is 6.33. The minimum absolute atomic E-state index is 0.149. The molecule has 100 valence electrons. The van der Waals surface area contributed by atoms with Gasteiger partial charge in [0.05, 0.1) is 11.5 Å². The summed E-state index contributed by atoms with van der Waals surface area (Å²) in [5, 5.41) is 4.58. The minimum Gasteiger partial charge on any atom is -0.491 e. The molecule has 0 aliphatic rings. The number of thiophene rings is 1. The lowest BCUT2D eigenvalue weighted by atomic mass is 10.2. The van der Waals surface area contributed by atoms with Gasteiger partial charge in [-0.1, -0.05) is 12.1 Å². The number of hydrogen-bond acceptors (Lipinski definition) is 3. The normalized spacial score (nSPS) is 10.2. The van der Waals surface area contributed by atoms with Crippen molar-refractivity contribution < 1.29 is 13.9 Å². The van der Waals surface area contributed by atoms with Crippen molar-refractivity contribution in [1.29, 1.82) is 0 Å². The zero-order valence-electron chi connectivity index (χ0n) is 10.5. The summed E-state index contributed by atoms with van der Waals surface area (Å²) in [6.07, 6.45) is 0. The molecule has 0 unspecified atom stereocenters. The van der Waals surface area contributed by atoms with Crippen molar-refractivity contribution in [3.63, 3.8) is 0 Å². The molecular weight excluding hydrogens is 265 g/mol. The Morgan fingerprint density at radius 2 is 2.26 bits per heavy atom. The maximum atomic E-state index is 13.6. The number of benzene rings is 1. The molecule has 1 amide bonds. The van der Waals surface area contributed by atoms with Crippen molar-refractivity contribution in [1.82, 2.24) is 5.32 Å². The third-order valence-corrected chi connectivity index (χ3v) is 3.36. The zero-order chi connectivity index (χ0) is 13.7. The average molecular weight is 279 g/mol. The summed E-state index contributed by atoms with van der Waals surface area (Å²) in [6.45, 7) is 2.51. The second-order valence-corrected chi connectivity index (χ2v) is 4.81. The third kappa shape index (κ3) is 3.54. The van der Waals surface area contributed by atoms with Crippen LogP contribution in [-0.4, -0.2) is 12.5 Å². The highest BCUT2D eigenvalue weighted by Crippen LogP contribution is 2.18. The molecule has 0 fully saturated rings. The maximum Gasteiger partial charge on any atom is 0.261 e. The van der Waals surface area contributed by atoms with E-state index < -0.39 is 5.82 Å². The number of carbonyl (C=O) groups excluding carboxylic acids is 1. The molecule has 0 aliphatic carbocycles. The quantitative estimate of drug-likeness (QED) is 0.912. The van der Waals surface area contributed by atoms with Crippen LogP contribution >= 0.6 is 11.3 Å². The fraction of sp³-hybridized carbons (Fsp3) is 0.214. The van der Waals surface area contributed by atoms with E-state index in [-0.39, 0.29) is 11.7 Å². The summed E-state index contributed by atoms with van der Waals surface area (Å²) < 4.78 is 18.7. The summed E-state index contributed by atoms with van der Waals surface area (Å²) in [5.74, 6) is -0.329. The molecule has 2 aromatic rings. The monoisotopic (exact) mass is 279 g/mol. The summed E-state index contributed by atoms with van der Waals surface area (Å²) in [5.41, 5.74) is 0.700. The Labute approximate surface area is 115 Å². The first kappa shape index (κ1) is 13.5. The Hall–Kier alpha value is -1.88. The fourth-order valence-corrected chi connectivity index (χ4v) is 2.24. The first-order chi connectivity index (χ1) is 9.20. The van der Waals surface area contributed by atoms with Crippen LogP contribution in [0.4, 0.5) is 4.39 Å². The standard InChI is InChI=1S/C14H14FNO2S/c1-2-18-12-6-5-10(8-11(12)15)9-16-14(17)13-4-3-7-19-13/h3-8H,2,9H2,1H3,(H,16,17). The third-order valence-electron chi connectivity index (χ3n) is 2.49. The van der Waals surface area contributed by atoms with Crippen molar-refractivity contribution >= 4 is 17.2 Å². The largest absolute Gasteiger partial charge is 0.491 e. The minimum atomic E-state index is -0.412. The van der Waals surface area contributed by atoms with E-state index in [1.165, 1.54) is 17.4 Å². The van der Waals surface area contributed by atoms with Crippen molar-refractivity contribution in [3.8, 4) is 5.75 Å². The molecule has 19 heavy (non-hydrogen) atoms. The van der Waals surface area contributed by atoms with Crippen LogP contribution < -0.4 is 10.1 Å². The van der Waals surface area contributed by atoms with Crippen LogP contribution in [0.3, 0.4) is 0 Å². The Balaban J connectivity index is 1.96. The summed E-state index contributed by atoms with van der Waals surface area (Å²) in [4.78, 5) is 12.4. The Morgan fingerprint density at radius 1 is 1.42 bits per heavy atom. The number of carbonyl (C=O) groups is 1. The zero-order valence-corrected chi connectivity index (χ0v) is 11.3. The number of hydrogen-bond donors (Lipinski definition) is 1. The summed E-state index contributed by atoms with van der Waals surface area (Å²) in [7, 11) is 0. The van der Waals surface area contributed by atoms with E-state index in [0.29, 0.717) is 23.6 Å². The fourth-order valence-electron chi connectivity index (χ4n) is 1.60. The van der Waals surface area contributed by atoms with Gasteiger partial charge in [-0.05, 0) is 36.1 Å². The van der Waals surface area contributed by atoms with Crippen LogP contribution in [0.25, 0.3) is 0 Å². The molecule has 0 saturated heterocycles. The second-order valence-electron chi connectivity index (χ2n) is 3.86. The summed E-state index contributed by atoms with van der Waals surface area (Å²) in [6, 6.07) is 8.25. The molecule has 0 atom stereocenters. The molecule has 0 aliphatic heterocycles. The van der Waals surface area contributed by atoms with Gasteiger partial charge < -0.3 is 10.1 Å². The summed E-state index contributed by atoms with van der Waals surface area (Å²) >= 11 is 1.37. The van der Waals surface area contributed by atoms with Crippen molar-refractivity contribution in [3.05, 3.63) is 52.0 Å². The average Bonchev–Trinajstić information content (AvgIpc) is 2.93. The van der Waals surface area contributed by atoms with E-state index in [2.05, 4.69) is 5.32 Å². The molecule has 1 N–H and O–H groups in total. The van der Waals surface area contributed by atoms with Gasteiger partial charge in [-0.2, -0.15) is 0 Å². The predicted octanol–water partition coefficient (Wildman–Crippen LogP) is 3.22. The molecule has 1 heterocycles. The molecule has 2 rings (SSSR count). The van der Waals surface area contributed by atoms with Gasteiger partial charge in [0.1, 0.15) is 0 Å². The predicted molar refractivity (Wildman–Crippen MR) is 73.1 cm³/mol. The van der Waals surface area contributed by atoms with Crippen molar-refractivity contribution in [2.24, 2.45) is 0 Å². The number of halogens is 1. The molecular formula is C14H14FNO2S. The van der Waals surface area contributed by atoms with Gasteiger partial charge in [-0.3, -0.25) is 4.79 Å². The van der Waals surface area contributed by atoms with Gasteiger partial charge in [0.15, 0.2) is 11.6 Å². The Morgan fingerprint density at radius 3 is 2.89 bits per heavy atom. The molecule has 0 saturated carbocycles. The number of rotatable bonds is 5. The van der Waals surface area contributed by atoms with Crippen LogP contribution in [0.5, 0.6) is 5.75 Å². The van der Waals surface area contributed by atoms with Gasteiger partial charge >= 0.3 is 0 Å². The van der Waals surface area contributed by atoms with Crippen molar-refractivity contribution in [2.75, 3.05) is 6.61 Å². The van der Waals surface area contributed by atoms with Gasteiger partial charge in [0.2, 0.25) is 0 Å². The highest BCUT2D eigenvalue weighted by Gasteiger charge is 2.08. The molecule has 1 aromatic heterocycles. The molecule has 3 nitrogen and oxygen atoms in total. The number of ether oxygens (including phenoxy) is 1. The molecule has 1 aromatic carbocycles. The SMILES string of the molecule is CCOc1ccc(CNC(=O)c2cccs2)cc1F. The van der Waals surface area contributed by atoms with E-state index >= 15 is 0 Å². The Kier molecular flexibility index (Phi) is 4.52. The van der Waals surface area contributed by atoms with Crippen molar-refractivity contribution in [2.45, 2.75) is 13.5 Å². The molecule has 0 bridgehead atoms. The van der Waals surface area contributed by atoms with Gasteiger partial charge in [-0.15, -0.1) is 11.3 Å². The highest BCUT2D eigenvalue weighted by molar-refractivity contribution is 7.12. The molecule has 0 radical (unpaired) electrons. The Bertz CT molecular complexity index is 555. The van der Waals surface area contributed by atoms with Crippen LogP contribution in [0.1, 0.15) is 22.2 Å². The molecule has 5 heteroatoms. The molecule has 0 spiro atoms. The van der Waals surface area contributed by atoms with E-state index in [9.17, 15) is 9.18 Å². The van der Waals surface area contributed by atoms with E-state index in [4.69, 9.17) is 4.74 Å². The smallest absolute Gasteiger partial charge is 0.261 e. The lowest BCUT2D eigenvalue weighted by Crippen LogP contribution is -2.21. The highest BCUT2D eigenvalue weighted by atomic mass is 32.1. The van der Waals surface area contributed by atoms with Crippen LogP contribution in [-0.2, 0) is 6.54 Å². The van der Waals surface area contributed by atoms with Gasteiger partial charge in [0.25, 0.3) is 5.91 Å². The lowest BCUT2D eigenvalue weighted by molar-refractivity contribution is 0.0955. The van der Waals surface area contributed by atoms with E-state index in [0.717, 1.165) is 0 Å². The number of amides is 1. The first-order valence-electron chi connectivity index (χ1n) is 5.93. The topological polar surface area (TPSA) is 38.3 Å². The number of nitrogens with one attached hydrogen (secondary N) is 1. The van der Waals surface area contributed by atoms with Crippen LogP contribution in [0, 0.1) is 5.82 Å². The van der Waals surface area contributed by atoms with E-state index in [1.54, 1.807) is 25.1 Å². The first-order valence-corrected chi connectivity index (χ1v) is 6.81. The maximum absolute atomic E-state index is 13.6. The van der Waals surface area contributed by atoms with Crippen LogP contribution in [0.15, 0.2) is 35.7 Å². The van der Waals surface area contributed by atoms with Gasteiger partial charge in [-0.25, -0.2) is 4.39 Å². The van der Waals surface area contributed by atoms with Gasteiger partial charge in [0, 0.05) is 6.54 Å². The van der Waals surface area contributed by atoms with Crippen LogP contribution in [0.2, 0.25) is 0 Å².